The highest BCUT2D eigenvalue weighted by atomic mass is 16.4. The second kappa shape index (κ2) is 13.3. The number of rotatable bonds is 14. The van der Waals surface area contributed by atoms with E-state index < -0.39 is 54.0 Å². The van der Waals surface area contributed by atoms with E-state index in [0.29, 0.717) is 17.8 Å². The van der Waals surface area contributed by atoms with Gasteiger partial charge in [0.25, 0.3) is 0 Å². The first-order valence-electron chi connectivity index (χ1n) is 11.6. The van der Waals surface area contributed by atoms with E-state index in [4.69, 9.17) is 5.73 Å². The predicted octanol–water partition coefficient (Wildman–Crippen LogP) is -1.79. The number of carbonyl (C=O) groups excluding carboxylic acids is 3. The quantitative estimate of drug-likeness (QED) is 0.144. The molecule has 36 heavy (non-hydrogen) atoms. The Morgan fingerprint density at radius 3 is 1.94 bits per heavy atom. The lowest BCUT2D eigenvalue weighted by molar-refractivity contribution is -0.144. The molecule has 0 bridgehead atoms. The Kier molecular flexibility index (Phi) is 10.5. The number of nitrogens with one attached hydrogen (secondary N) is 5. The minimum atomic E-state index is -1.42. The van der Waals surface area contributed by atoms with E-state index in [2.05, 4.69) is 35.9 Å². The Hall–Kier alpha value is -3.78. The van der Waals surface area contributed by atoms with Crippen molar-refractivity contribution in [1.29, 1.82) is 0 Å². The first kappa shape index (κ1) is 28.5. The Morgan fingerprint density at radius 1 is 0.917 bits per heavy atom. The zero-order valence-electron chi connectivity index (χ0n) is 20.4. The maximum Gasteiger partial charge on any atom is 0.326 e. The fraction of sp³-hybridized carbons (Fsp3) is 0.545. The first-order valence-corrected chi connectivity index (χ1v) is 11.6. The molecule has 2 heterocycles. The van der Waals surface area contributed by atoms with E-state index in [9.17, 15) is 29.4 Å². The molecule has 0 saturated heterocycles. The molecule has 0 aliphatic carbocycles. The second-order valence-electron chi connectivity index (χ2n) is 8.67. The Bertz CT molecular complexity index is 994. The molecule has 3 amide bonds. The van der Waals surface area contributed by atoms with Crippen LogP contribution in [-0.4, -0.2) is 84.1 Å². The largest absolute Gasteiger partial charge is 0.480 e. The number of aliphatic carboxylic acids is 1. The number of nitrogens with two attached hydrogens (primary N) is 1. The van der Waals surface area contributed by atoms with Crippen molar-refractivity contribution < 1.29 is 29.4 Å². The molecular formula is C22H34N8O6. The molecule has 0 radical (unpaired) electrons. The van der Waals surface area contributed by atoms with E-state index in [1.54, 1.807) is 13.8 Å². The Morgan fingerprint density at radius 2 is 1.47 bits per heavy atom. The standard InChI is InChI=1S/C22H34N8O6/c1-4-11(2)17(22(35)36)29-20(33)16(6-14-8-25-10-27-14)28-21(34)18(12(3)31)30-19(32)15(23)5-13-7-24-9-26-13/h7-12,15-18,31H,4-6,23H2,1-3H3,(H,24,26)(H,25,27)(H,28,34)(H,29,33)(H,30,32)(H,35,36). The summed E-state index contributed by atoms with van der Waals surface area (Å²) in [5.74, 6) is -3.84. The van der Waals surface area contributed by atoms with Crippen molar-refractivity contribution in [1.82, 2.24) is 35.9 Å². The summed E-state index contributed by atoms with van der Waals surface area (Å²) in [6.45, 7) is 4.79. The van der Waals surface area contributed by atoms with Crippen LogP contribution in [0.1, 0.15) is 38.6 Å². The van der Waals surface area contributed by atoms with E-state index in [1.807, 2.05) is 0 Å². The second-order valence-corrected chi connectivity index (χ2v) is 8.67. The number of imidazole rings is 2. The molecule has 14 heteroatoms. The molecule has 0 fully saturated rings. The molecule has 14 nitrogen and oxygen atoms in total. The van der Waals surface area contributed by atoms with E-state index >= 15 is 0 Å². The number of hydrogen-bond donors (Lipinski definition) is 8. The fourth-order valence-corrected chi connectivity index (χ4v) is 3.42. The van der Waals surface area contributed by atoms with Crippen molar-refractivity contribution in [2.24, 2.45) is 11.7 Å². The third kappa shape index (κ3) is 8.16. The van der Waals surface area contributed by atoms with Gasteiger partial charge in [-0.15, -0.1) is 0 Å². The van der Waals surface area contributed by atoms with Gasteiger partial charge in [0, 0.05) is 36.6 Å². The smallest absolute Gasteiger partial charge is 0.326 e. The third-order valence-corrected chi connectivity index (χ3v) is 5.78. The van der Waals surface area contributed by atoms with E-state index in [-0.39, 0.29) is 18.8 Å². The predicted molar refractivity (Wildman–Crippen MR) is 127 cm³/mol. The molecule has 0 saturated carbocycles. The molecule has 6 atom stereocenters. The molecule has 9 N–H and O–H groups in total. The molecule has 2 aromatic rings. The van der Waals surface area contributed by atoms with E-state index in [1.165, 1.54) is 32.0 Å². The van der Waals surface area contributed by atoms with Crippen LogP contribution in [0.4, 0.5) is 0 Å². The van der Waals surface area contributed by atoms with E-state index in [0.717, 1.165) is 0 Å². The lowest BCUT2D eigenvalue weighted by Gasteiger charge is -2.27. The van der Waals surface area contributed by atoms with Gasteiger partial charge in [-0.1, -0.05) is 20.3 Å². The maximum atomic E-state index is 13.0. The van der Waals surface area contributed by atoms with Gasteiger partial charge in [-0.3, -0.25) is 14.4 Å². The topological polar surface area (TPSA) is 228 Å². The van der Waals surface area contributed by atoms with Crippen LogP contribution in [0.5, 0.6) is 0 Å². The number of hydrogen-bond acceptors (Lipinski definition) is 8. The number of carboxylic acid groups (broad SMARTS) is 1. The van der Waals surface area contributed by atoms with Crippen molar-refractivity contribution in [3.63, 3.8) is 0 Å². The number of aromatic nitrogens is 4. The van der Waals surface area contributed by atoms with Crippen LogP contribution in [-0.2, 0) is 32.0 Å². The number of aliphatic hydroxyl groups excluding tert-OH is 1. The molecule has 0 aliphatic rings. The number of H-pyrrole nitrogens is 2. The normalized spacial score (nSPS) is 16.1. The van der Waals surface area contributed by atoms with Crippen molar-refractivity contribution in [3.8, 4) is 0 Å². The highest BCUT2D eigenvalue weighted by molar-refractivity contribution is 5.94. The van der Waals surface area contributed by atoms with Gasteiger partial charge in [-0.25, -0.2) is 14.8 Å². The van der Waals surface area contributed by atoms with Crippen LogP contribution in [0.25, 0.3) is 0 Å². The van der Waals surface area contributed by atoms with Gasteiger partial charge in [0.15, 0.2) is 0 Å². The SMILES string of the molecule is CCC(C)C(NC(=O)C(Cc1cnc[nH]1)NC(=O)C(NC(=O)C(N)Cc1cnc[nH]1)C(C)O)C(=O)O. The van der Waals surface area contributed by atoms with Crippen molar-refractivity contribution in [2.45, 2.75) is 70.3 Å². The minimum absolute atomic E-state index is 0.0375. The average Bonchev–Trinajstić information content (AvgIpc) is 3.53. The first-order chi connectivity index (χ1) is 17.0. The number of carbonyl (C=O) groups is 4. The number of carboxylic acids is 1. The minimum Gasteiger partial charge on any atom is -0.480 e. The van der Waals surface area contributed by atoms with Crippen molar-refractivity contribution in [3.05, 3.63) is 36.4 Å². The molecule has 2 aromatic heterocycles. The van der Waals surface area contributed by atoms with Gasteiger partial charge < -0.3 is 41.9 Å². The van der Waals surface area contributed by atoms with Crippen LogP contribution >= 0.6 is 0 Å². The number of aliphatic hydroxyl groups is 1. The van der Waals surface area contributed by atoms with Gasteiger partial charge in [0.05, 0.1) is 24.8 Å². The molecular weight excluding hydrogens is 472 g/mol. The summed E-state index contributed by atoms with van der Waals surface area (Å²) < 4.78 is 0. The van der Waals surface area contributed by atoms with Crippen molar-refractivity contribution in [2.75, 3.05) is 0 Å². The number of aromatic amines is 2. The summed E-state index contributed by atoms with van der Waals surface area (Å²) >= 11 is 0. The van der Waals surface area contributed by atoms with Crippen LogP contribution in [0.3, 0.4) is 0 Å². The highest BCUT2D eigenvalue weighted by Crippen LogP contribution is 2.10. The summed E-state index contributed by atoms with van der Waals surface area (Å²) in [5.41, 5.74) is 7.03. The molecule has 2 rings (SSSR count). The van der Waals surface area contributed by atoms with Gasteiger partial charge in [-0.2, -0.15) is 0 Å². The molecule has 0 aliphatic heterocycles. The van der Waals surface area contributed by atoms with Gasteiger partial charge >= 0.3 is 5.97 Å². The highest BCUT2D eigenvalue weighted by Gasteiger charge is 2.33. The molecule has 6 unspecified atom stereocenters. The zero-order valence-corrected chi connectivity index (χ0v) is 20.4. The van der Waals surface area contributed by atoms with Crippen LogP contribution < -0.4 is 21.7 Å². The number of amides is 3. The van der Waals surface area contributed by atoms with Crippen LogP contribution in [0.15, 0.2) is 25.0 Å². The van der Waals surface area contributed by atoms with Gasteiger partial charge in [-0.05, 0) is 12.8 Å². The Balaban J connectivity index is 2.15. The fourth-order valence-electron chi connectivity index (χ4n) is 3.42. The molecule has 0 aromatic carbocycles. The summed E-state index contributed by atoms with van der Waals surface area (Å²) in [4.78, 5) is 63.7. The summed E-state index contributed by atoms with van der Waals surface area (Å²) in [5, 5.41) is 27.1. The summed E-state index contributed by atoms with van der Waals surface area (Å²) in [7, 11) is 0. The molecule has 198 valence electrons. The Labute approximate surface area is 207 Å². The number of nitrogens with zero attached hydrogens (tertiary/aromatic N) is 2. The third-order valence-electron chi connectivity index (χ3n) is 5.78. The summed E-state index contributed by atoms with van der Waals surface area (Å²) in [6, 6.07) is -4.85. The van der Waals surface area contributed by atoms with Gasteiger partial charge in [0.1, 0.15) is 18.1 Å². The van der Waals surface area contributed by atoms with Crippen LogP contribution in [0, 0.1) is 5.92 Å². The zero-order chi connectivity index (χ0) is 26.8. The molecule has 0 spiro atoms. The lowest BCUT2D eigenvalue weighted by Crippen LogP contribution is -2.60. The maximum absolute atomic E-state index is 13.0. The van der Waals surface area contributed by atoms with Gasteiger partial charge in [0.2, 0.25) is 17.7 Å². The lowest BCUT2D eigenvalue weighted by atomic mass is 9.98. The average molecular weight is 507 g/mol. The van der Waals surface area contributed by atoms with Crippen molar-refractivity contribution >= 4 is 23.7 Å². The summed E-state index contributed by atoms with van der Waals surface area (Å²) in [6.07, 6.45) is 5.06. The van der Waals surface area contributed by atoms with Crippen LogP contribution in [0.2, 0.25) is 0 Å². The monoisotopic (exact) mass is 506 g/mol.